The molecular weight excluding hydrogens is 530 g/mol. The molecule has 1 aliphatic carbocycles. The molecule has 4 rings (SSSR count). The molecule has 1 saturated heterocycles. The molecule has 2 aliphatic rings. The lowest BCUT2D eigenvalue weighted by Crippen LogP contribution is -2.50. The van der Waals surface area contributed by atoms with E-state index in [1.807, 2.05) is 30.3 Å². The van der Waals surface area contributed by atoms with E-state index in [4.69, 9.17) is 9.47 Å². The van der Waals surface area contributed by atoms with Crippen LogP contribution in [-0.2, 0) is 20.7 Å². The highest BCUT2D eigenvalue weighted by atomic mass is 19.4. The highest BCUT2D eigenvalue weighted by Gasteiger charge is 2.33. The van der Waals surface area contributed by atoms with Crippen LogP contribution in [0.15, 0.2) is 48.5 Å². The fraction of sp³-hybridized carbons (Fsp3) is 0.517. The topological polar surface area (TPSA) is 79.9 Å². The third-order valence-corrected chi connectivity index (χ3v) is 7.15. The van der Waals surface area contributed by atoms with Gasteiger partial charge >= 0.3 is 12.3 Å². The van der Waals surface area contributed by atoms with Crippen molar-refractivity contribution in [3.05, 3.63) is 65.5 Å². The van der Waals surface area contributed by atoms with E-state index in [2.05, 4.69) is 10.6 Å². The number of alkyl halides is 3. The number of ether oxygens (including phenoxy) is 2. The summed E-state index contributed by atoms with van der Waals surface area (Å²) in [6, 6.07) is 14.6. The second-order valence-electron chi connectivity index (χ2n) is 10.6. The molecule has 1 saturated carbocycles. The smallest absolute Gasteiger partial charge is 0.411 e. The van der Waals surface area contributed by atoms with Crippen molar-refractivity contribution in [1.29, 1.82) is 0 Å². The Hall–Kier alpha value is -3.18. The number of nitrogens with one attached hydrogen (secondary N) is 2. The lowest BCUT2D eigenvalue weighted by molar-refractivity contribution is -0.143. The summed E-state index contributed by atoms with van der Waals surface area (Å²) in [5.41, 5.74) is 1.92. The number of anilines is 1. The first-order valence-electron chi connectivity index (χ1n) is 13.5. The molecule has 2 N–H and O–H groups in total. The van der Waals surface area contributed by atoms with Gasteiger partial charge < -0.3 is 19.7 Å². The highest BCUT2D eigenvalue weighted by molar-refractivity contribution is 5.92. The molecule has 40 heavy (non-hydrogen) atoms. The number of hydrogen-bond donors (Lipinski definition) is 2. The zero-order valence-electron chi connectivity index (χ0n) is 22.4. The van der Waals surface area contributed by atoms with E-state index in [1.54, 1.807) is 12.1 Å². The molecule has 2 aromatic carbocycles. The molecule has 0 bridgehead atoms. The Labute approximate surface area is 231 Å². The molecule has 0 spiro atoms. The second kappa shape index (κ2) is 13.5. The summed E-state index contributed by atoms with van der Waals surface area (Å²) in [6.07, 6.45) is -2.53. The molecule has 2 aromatic rings. The first-order valence-corrected chi connectivity index (χ1v) is 13.5. The average molecular weight is 566 g/mol. The number of hydrogen-bond acceptors (Lipinski definition) is 5. The molecule has 218 valence electrons. The van der Waals surface area contributed by atoms with Crippen molar-refractivity contribution in [3.63, 3.8) is 0 Å². The fourth-order valence-electron chi connectivity index (χ4n) is 4.89. The zero-order valence-corrected chi connectivity index (χ0v) is 22.4. The quantitative estimate of drug-likeness (QED) is 0.346. The minimum Gasteiger partial charge on any atom is -0.428 e. The molecule has 0 unspecified atom stereocenters. The second-order valence-corrected chi connectivity index (χ2v) is 10.6. The molecule has 0 aromatic heterocycles. The number of halogens is 4. The molecule has 7 nitrogen and oxygen atoms in total. The zero-order chi connectivity index (χ0) is 28.7. The van der Waals surface area contributed by atoms with Crippen molar-refractivity contribution in [3.8, 4) is 0 Å². The molecule has 1 heterocycles. The van der Waals surface area contributed by atoms with Gasteiger partial charge in [0.2, 0.25) is 5.91 Å². The van der Waals surface area contributed by atoms with E-state index in [-0.39, 0.29) is 37.5 Å². The Balaban J connectivity index is 1.27. The number of morpholine rings is 1. The van der Waals surface area contributed by atoms with Crippen molar-refractivity contribution in [2.45, 2.75) is 63.0 Å². The molecule has 11 heteroatoms. The Morgan fingerprint density at radius 1 is 1.15 bits per heavy atom. The predicted octanol–water partition coefficient (Wildman–Crippen LogP) is 5.62. The van der Waals surface area contributed by atoms with Crippen LogP contribution in [0.3, 0.4) is 0 Å². The lowest BCUT2D eigenvalue weighted by Gasteiger charge is -2.31. The van der Waals surface area contributed by atoms with Crippen molar-refractivity contribution in [1.82, 2.24) is 10.2 Å². The van der Waals surface area contributed by atoms with Gasteiger partial charge in [-0.3, -0.25) is 10.1 Å². The maximum Gasteiger partial charge on any atom is 0.411 e. The third kappa shape index (κ3) is 9.19. The Morgan fingerprint density at radius 3 is 2.55 bits per heavy atom. The van der Waals surface area contributed by atoms with Gasteiger partial charge in [0.25, 0.3) is 0 Å². The van der Waals surface area contributed by atoms with Crippen molar-refractivity contribution >= 4 is 17.7 Å². The Bertz CT molecular complexity index is 1140. The first kappa shape index (κ1) is 29.8. The molecule has 0 radical (unpaired) electrons. The van der Waals surface area contributed by atoms with Crippen molar-refractivity contribution in [2.24, 2.45) is 5.92 Å². The monoisotopic (exact) mass is 565 g/mol. The van der Waals surface area contributed by atoms with Crippen LogP contribution in [0, 0.1) is 11.7 Å². The van der Waals surface area contributed by atoms with Crippen molar-refractivity contribution < 1.29 is 36.6 Å². The van der Waals surface area contributed by atoms with E-state index in [0.717, 1.165) is 19.0 Å². The fourth-order valence-corrected chi connectivity index (χ4v) is 4.89. The molecule has 2 fully saturated rings. The van der Waals surface area contributed by atoms with E-state index in [9.17, 15) is 27.2 Å². The number of benzene rings is 2. The van der Waals surface area contributed by atoms with Gasteiger partial charge in [-0.2, -0.15) is 13.2 Å². The summed E-state index contributed by atoms with van der Waals surface area (Å²) in [5.74, 6) is 0.147. The Kier molecular flexibility index (Phi) is 10.0. The van der Waals surface area contributed by atoms with Crippen LogP contribution in [0.2, 0.25) is 0 Å². The summed E-state index contributed by atoms with van der Waals surface area (Å²) < 4.78 is 63.0. The predicted molar refractivity (Wildman–Crippen MR) is 141 cm³/mol. The molecular formula is C29H35F4N3O4. The van der Waals surface area contributed by atoms with Gasteiger partial charge in [-0.1, -0.05) is 49.2 Å². The third-order valence-electron chi connectivity index (χ3n) is 7.15. The van der Waals surface area contributed by atoms with Crippen LogP contribution in [0.4, 0.5) is 28.0 Å². The minimum atomic E-state index is -4.53. The SMILES string of the molecule is CN(CC(F)(F)F)C(=O)O[C@H]1CO[C@H](CCc2c(F)cccc2NC(=O)C[C@H](CC2CC2)c2ccccc2)CN1. The van der Waals surface area contributed by atoms with Gasteiger partial charge in [0.05, 0.1) is 12.7 Å². The van der Waals surface area contributed by atoms with E-state index in [0.29, 0.717) is 34.9 Å². The lowest BCUT2D eigenvalue weighted by atomic mass is 9.90. The number of amides is 2. The van der Waals surface area contributed by atoms with Crippen LogP contribution in [-0.4, -0.2) is 62.2 Å². The van der Waals surface area contributed by atoms with Crippen LogP contribution in [0.1, 0.15) is 49.1 Å². The van der Waals surface area contributed by atoms with Gasteiger partial charge in [-0.15, -0.1) is 0 Å². The largest absolute Gasteiger partial charge is 0.428 e. The summed E-state index contributed by atoms with van der Waals surface area (Å²) in [5, 5.41) is 5.84. The average Bonchev–Trinajstić information content (AvgIpc) is 3.72. The number of carbonyl (C=O) groups is 2. The maximum absolute atomic E-state index is 14.8. The van der Waals surface area contributed by atoms with Crippen LogP contribution in [0.5, 0.6) is 0 Å². The van der Waals surface area contributed by atoms with E-state index < -0.39 is 30.9 Å². The first-order chi connectivity index (χ1) is 19.1. The Morgan fingerprint density at radius 2 is 1.90 bits per heavy atom. The standard InChI is InChI=1S/C29H35F4N3O4/c1-36(18-29(31,32)33)28(38)40-27-17-39-22(16-34-27)12-13-23-24(30)8-5-9-25(23)35-26(37)15-21(14-19-10-11-19)20-6-3-2-4-7-20/h2-9,19,21-22,27,34H,10-18H2,1H3,(H,35,37)/t21-,22+,27-/m0/s1. The number of nitrogens with zero attached hydrogens (tertiary/aromatic N) is 1. The summed E-state index contributed by atoms with van der Waals surface area (Å²) in [6.45, 7) is -1.22. The molecule has 2 amide bonds. The highest BCUT2D eigenvalue weighted by Crippen LogP contribution is 2.40. The molecule has 3 atom stereocenters. The maximum atomic E-state index is 14.8. The number of rotatable bonds is 11. The van der Waals surface area contributed by atoms with Gasteiger partial charge in [0.15, 0.2) is 6.23 Å². The van der Waals surface area contributed by atoms with Crippen molar-refractivity contribution in [2.75, 3.05) is 32.1 Å². The number of carbonyl (C=O) groups excluding carboxylic acids is 2. The van der Waals surface area contributed by atoms with Gasteiger partial charge in [0, 0.05) is 31.3 Å². The summed E-state index contributed by atoms with van der Waals surface area (Å²) >= 11 is 0. The van der Waals surface area contributed by atoms with E-state index in [1.165, 1.54) is 18.9 Å². The minimum absolute atomic E-state index is 0.0565. The molecule has 1 aliphatic heterocycles. The van der Waals surface area contributed by atoms with Crippen LogP contribution in [0.25, 0.3) is 0 Å². The van der Waals surface area contributed by atoms with Crippen LogP contribution < -0.4 is 10.6 Å². The van der Waals surface area contributed by atoms with E-state index >= 15 is 0 Å². The van der Waals surface area contributed by atoms with Gasteiger partial charge in [-0.05, 0) is 48.8 Å². The van der Waals surface area contributed by atoms with Gasteiger partial charge in [0.1, 0.15) is 12.4 Å². The van der Waals surface area contributed by atoms with Gasteiger partial charge in [-0.25, -0.2) is 9.18 Å². The summed E-state index contributed by atoms with van der Waals surface area (Å²) in [7, 11) is 1.00. The normalized spacial score (nSPS) is 20.0. The summed E-state index contributed by atoms with van der Waals surface area (Å²) in [4.78, 5) is 25.4. The van der Waals surface area contributed by atoms with Crippen LogP contribution >= 0.6 is 0 Å².